The van der Waals surface area contributed by atoms with Gasteiger partial charge >= 0.3 is 6.18 Å². The number of carbonyl (C=O) groups is 1. The van der Waals surface area contributed by atoms with Gasteiger partial charge in [-0.25, -0.2) is 0 Å². The Balaban J connectivity index is 2.75. The number of pyridine rings is 1. The highest BCUT2D eigenvalue weighted by molar-refractivity contribution is 6.30. The lowest BCUT2D eigenvalue weighted by molar-refractivity contribution is -0.170. The molecule has 0 aliphatic rings. The van der Waals surface area contributed by atoms with Gasteiger partial charge in [0.2, 0.25) is 5.78 Å². The van der Waals surface area contributed by atoms with E-state index in [2.05, 4.69) is 4.98 Å². The molecule has 0 aliphatic carbocycles. The second-order valence-electron chi connectivity index (χ2n) is 2.56. The number of nitrogens with zero attached hydrogens (tertiary/aromatic N) is 1. The van der Waals surface area contributed by atoms with Gasteiger partial charge in [-0.2, -0.15) is 13.2 Å². The molecular weight excluding hydrogens is 219 g/mol. The van der Waals surface area contributed by atoms with E-state index < -0.39 is 18.4 Å². The minimum Gasteiger partial charge on any atom is -0.289 e. The quantitative estimate of drug-likeness (QED) is 0.771. The van der Waals surface area contributed by atoms with Gasteiger partial charge in [-0.05, 0) is 12.1 Å². The van der Waals surface area contributed by atoms with E-state index in [4.69, 9.17) is 11.6 Å². The topological polar surface area (TPSA) is 30.0 Å². The number of Topliss-reactive ketones (excluding diaryl/α,β-unsaturated/α-hetero) is 1. The van der Waals surface area contributed by atoms with Crippen LogP contribution >= 0.6 is 11.6 Å². The minimum atomic E-state index is -4.82. The molecule has 0 unspecified atom stereocenters. The molecule has 0 spiro atoms. The predicted octanol–water partition coefficient (Wildman–Crippen LogP) is 2.41. The van der Waals surface area contributed by atoms with Gasteiger partial charge in [-0.1, -0.05) is 11.6 Å². The second kappa shape index (κ2) is 3.96. The van der Waals surface area contributed by atoms with Gasteiger partial charge < -0.3 is 0 Å². The lowest BCUT2D eigenvalue weighted by Gasteiger charge is -2.04. The molecule has 0 N–H and O–H groups in total. The van der Waals surface area contributed by atoms with Gasteiger partial charge in [0.05, 0.1) is 6.42 Å². The van der Waals surface area contributed by atoms with Crippen LogP contribution in [0.1, 0.15) is 5.69 Å². The summed E-state index contributed by atoms with van der Waals surface area (Å²) in [5.74, 6) is -1.83. The number of ketones is 1. The fourth-order valence-electron chi connectivity index (χ4n) is 0.810. The third-order valence-electron chi connectivity index (χ3n) is 1.44. The maximum Gasteiger partial charge on any atom is 0.450 e. The molecule has 1 aromatic rings. The van der Waals surface area contributed by atoms with Crippen LogP contribution in [0.5, 0.6) is 0 Å². The van der Waals surface area contributed by atoms with E-state index in [0.717, 1.165) is 0 Å². The van der Waals surface area contributed by atoms with E-state index >= 15 is 0 Å². The van der Waals surface area contributed by atoms with Crippen molar-refractivity contribution < 1.29 is 18.0 Å². The molecule has 1 heterocycles. The van der Waals surface area contributed by atoms with Crippen LogP contribution < -0.4 is 0 Å². The monoisotopic (exact) mass is 223 g/mol. The molecule has 0 amide bonds. The number of rotatable bonds is 2. The molecule has 0 atom stereocenters. The van der Waals surface area contributed by atoms with Gasteiger partial charge in [0, 0.05) is 16.9 Å². The zero-order valence-electron chi connectivity index (χ0n) is 6.81. The Hall–Kier alpha value is -1.10. The van der Waals surface area contributed by atoms with Gasteiger partial charge in [-0.3, -0.25) is 9.78 Å². The van der Waals surface area contributed by atoms with Crippen molar-refractivity contribution in [2.75, 3.05) is 0 Å². The largest absolute Gasteiger partial charge is 0.450 e. The molecular formula is C8H5ClF3NO. The van der Waals surface area contributed by atoms with Gasteiger partial charge in [0.15, 0.2) is 0 Å². The Morgan fingerprint density at radius 1 is 1.50 bits per heavy atom. The van der Waals surface area contributed by atoms with Crippen LogP contribution in [0.25, 0.3) is 0 Å². The molecule has 0 saturated heterocycles. The number of halogens is 4. The molecule has 0 radical (unpaired) electrons. The molecule has 2 nitrogen and oxygen atoms in total. The molecule has 1 rings (SSSR count). The van der Waals surface area contributed by atoms with Crippen molar-refractivity contribution in [3.05, 3.63) is 29.0 Å². The third-order valence-corrected chi connectivity index (χ3v) is 1.67. The van der Waals surface area contributed by atoms with E-state index in [1.54, 1.807) is 0 Å². The van der Waals surface area contributed by atoms with Crippen molar-refractivity contribution in [1.29, 1.82) is 0 Å². The molecule has 0 saturated carbocycles. The fourth-order valence-corrected chi connectivity index (χ4v) is 0.992. The van der Waals surface area contributed by atoms with Crippen molar-refractivity contribution >= 4 is 17.4 Å². The normalized spacial score (nSPS) is 11.4. The van der Waals surface area contributed by atoms with Gasteiger partial charge in [0.25, 0.3) is 0 Å². The van der Waals surface area contributed by atoms with Crippen LogP contribution in [0.2, 0.25) is 5.02 Å². The SMILES string of the molecule is O=C(Cc1cc(Cl)ccn1)C(F)(F)F. The van der Waals surface area contributed by atoms with Crippen molar-refractivity contribution in [2.24, 2.45) is 0 Å². The van der Waals surface area contributed by atoms with Crippen LogP contribution in [0, 0.1) is 0 Å². The standard InChI is InChI=1S/C8H5ClF3NO/c9-5-1-2-13-6(3-5)4-7(14)8(10,11)12/h1-3H,4H2. The first-order valence-corrected chi connectivity index (χ1v) is 3.98. The number of carbonyl (C=O) groups excluding carboxylic acids is 1. The molecule has 0 aliphatic heterocycles. The first kappa shape index (κ1) is 11.0. The van der Waals surface area contributed by atoms with Crippen molar-refractivity contribution in [3.8, 4) is 0 Å². The lowest BCUT2D eigenvalue weighted by Crippen LogP contribution is -2.24. The number of hydrogen-bond acceptors (Lipinski definition) is 2. The zero-order chi connectivity index (χ0) is 10.8. The number of aromatic nitrogens is 1. The average Bonchev–Trinajstić information content (AvgIpc) is 2.02. The van der Waals surface area contributed by atoms with Crippen LogP contribution in [-0.4, -0.2) is 16.9 Å². The Labute approximate surface area is 82.7 Å². The first-order chi connectivity index (χ1) is 6.39. The van der Waals surface area contributed by atoms with E-state index in [0.29, 0.717) is 0 Å². The first-order valence-electron chi connectivity index (χ1n) is 3.60. The van der Waals surface area contributed by atoms with Gasteiger partial charge in [0.1, 0.15) is 0 Å². The average molecular weight is 224 g/mol. The summed E-state index contributed by atoms with van der Waals surface area (Å²) in [4.78, 5) is 14.1. The number of alkyl halides is 3. The maximum atomic E-state index is 11.8. The molecule has 0 fully saturated rings. The second-order valence-corrected chi connectivity index (χ2v) is 3.00. The molecule has 14 heavy (non-hydrogen) atoms. The van der Waals surface area contributed by atoms with Gasteiger partial charge in [-0.15, -0.1) is 0 Å². The Kier molecular flexibility index (Phi) is 3.10. The molecule has 1 aromatic heterocycles. The summed E-state index contributed by atoms with van der Waals surface area (Å²) in [7, 11) is 0. The van der Waals surface area contributed by atoms with Crippen LogP contribution in [0.4, 0.5) is 13.2 Å². The summed E-state index contributed by atoms with van der Waals surface area (Å²) >= 11 is 5.51. The van der Waals surface area contributed by atoms with Crippen molar-refractivity contribution in [1.82, 2.24) is 4.98 Å². The molecule has 76 valence electrons. The van der Waals surface area contributed by atoms with Crippen LogP contribution in [-0.2, 0) is 11.2 Å². The lowest BCUT2D eigenvalue weighted by atomic mass is 10.2. The minimum absolute atomic E-state index is 0.0137. The molecule has 0 aromatic carbocycles. The van der Waals surface area contributed by atoms with Crippen molar-refractivity contribution in [2.45, 2.75) is 12.6 Å². The summed E-state index contributed by atoms with van der Waals surface area (Å²) in [6.45, 7) is 0. The maximum absolute atomic E-state index is 11.8. The summed E-state index contributed by atoms with van der Waals surface area (Å²) < 4.78 is 35.5. The Morgan fingerprint density at radius 2 is 2.14 bits per heavy atom. The van der Waals surface area contributed by atoms with Crippen LogP contribution in [0.15, 0.2) is 18.3 Å². The highest BCUT2D eigenvalue weighted by Gasteiger charge is 2.37. The Bertz CT molecular complexity index is 351. The smallest absolute Gasteiger partial charge is 0.289 e. The third kappa shape index (κ3) is 2.99. The van der Waals surface area contributed by atoms with Crippen LogP contribution in [0.3, 0.4) is 0 Å². The van der Waals surface area contributed by atoms with E-state index in [9.17, 15) is 18.0 Å². The molecule has 6 heteroatoms. The number of hydrogen-bond donors (Lipinski definition) is 0. The fraction of sp³-hybridized carbons (Fsp3) is 0.250. The summed E-state index contributed by atoms with van der Waals surface area (Å²) in [6.07, 6.45) is -4.34. The Morgan fingerprint density at radius 3 is 2.64 bits per heavy atom. The van der Waals surface area contributed by atoms with E-state index in [1.165, 1.54) is 18.3 Å². The zero-order valence-corrected chi connectivity index (χ0v) is 7.56. The summed E-state index contributed by atoms with van der Waals surface area (Å²) in [6, 6.07) is 2.65. The van der Waals surface area contributed by atoms with Crippen molar-refractivity contribution in [3.63, 3.8) is 0 Å². The van der Waals surface area contributed by atoms with E-state index in [-0.39, 0.29) is 10.7 Å². The highest BCUT2D eigenvalue weighted by Crippen LogP contribution is 2.18. The summed E-state index contributed by atoms with van der Waals surface area (Å²) in [5.41, 5.74) is 0.0137. The van der Waals surface area contributed by atoms with E-state index in [1.807, 2.05) is 0 Å². The highest BCUT2D eigenvalue weighted by atomic mass is 35.5. The predicted molar refractivity (Wildman–Crippen MR) is 44.0 cm³/mol. The summed E-state index contributed by atoms with van der Waals surface area (Å²) in [5, 5.41) is 0.255. The molecule has 0 bridgehead atoms.